The number of aromatic nitrogens is 3. The summed E-state index contributed by atoms with van der Waals surface area (Å²) in [6.45, 7) is 2.31. The molecule has 72 valence electrons. The molecule has 1 aromatic heterocycles. The van der Waals surface area contributed by atoms with Crippen molar-refractivity contribution in [2.45, 2.75) is 25.8 Å². The van der Waals surface area contributed by atoms with Crippen molar-refractivity contribution in [2.75, 3.05) is 7.05 Å². The predicted molar refractivity (Wildman–Crippen MR) is 50.1 cm³/mol. The number of hydrogen-bond donors (Lipinski definition) is 1. The first-order chi connectivity index (χ1) is 6.17. The molecule has 0 bridgehead atoms. The van der Waals surface area contributed by atoms with E-state index in [0.29, 0.717) is 11.5 Å². The van der Waals surface area contributed by atoms with Crippen LogP contribution in [0.5, 0.6) is 0 Å². The molecule has 1 saturated carbocycles. The fraction of sp³-hybridized carbons (Fsp3) is 0.778. The number of nitrogens with one attached hydrogen (secondary N) is 1. The number of rotatable bonds is 3. The molecule has 1 aliphatic carbocycles. The van der Waals surface area contributed by atoms with Gasteiger partial charge in [-0.2, -0.15) is 0 Å². The lowest BCUT2D eigenvalue weighted by Crippen LogP contribution is -2.26. The Morgan fingerprint density at radius 3 is 2.69 bits per heavy atom. The lowest BCUT2D eigenvalue weighted by atomic mass is 9.96. The highest BCUT2D eigenvalue weighted by atomic mass is 15.4. The smallest absolute Gasteiger partial charge is 0.0758 e. The first kappa shape index (κ1) is 8.69. The summed E-state index contributed by atoms with van der Waals surface area (Å²) in [6, 6.07) is 0.396. The van der Waals surface area contributed by atoms with Gasteiger partial charge in [-0.1, -0.05) is 12.1 Å². The van der Waals surface area contributed by atoms with Crippen molar-refractivity contribution in [1.82, 2.24) is 20.3 Å². The largest absolute Gasteiger partial charge is 0.311 e. The molecule has 1 unspecified atom stereocenters. The van der Waals surface area contributed by atoms with Gasteiger partial charge in [0.2, 0.25) is 0 Å². The minimum atomic E-state index is 0.396. The fourth-order valence-corrected chi connectivity index (χ4v) is 1.90. The average molecular weight is 180 g/mol. The summed E-state index contributed by atoms with van der Waals surface area (Å²) in [4.78, 5) is 0. The topological polar surface area (TPSA) is 42.7 Å². The van der Waals surface area contributed by atoms with Gasteiger partial charge >= 0.3 is 0 Å². The maximum atomic E-state index is 3.95. The zero-order valence-electron chi connectivity index (χ0n) is 8.41. The normalized spacial score (nSPS) is 21.5. The summed E-state index contributed by atoms with van der Waals surface area (Å²) in [7, 11) is 3.94. The third-order valence-electron chi connectivity index (χ3n) is 3.07. The van der Waals surface area contributed by atoms with Gasteiger partial charge in [-0.3, -0.25) is 4.68 Å². The molecular formula is C9H16N4. The molecule has 1 atom stereocenters. The minimum absolute atomic E-state index is 0.396. The zero-order valence-corrected chi connectivity index (χ0v) is 8.41. The quantitative estimate of drug-likeness (QED) is 0.750. The van der Waals surface area contributed by atoms with Crippen LogP contribution in [-0.4, -0.2) is 22.0 Å². The van der Waals surface area contributed by atoms with Crippen LogP contribution in [-0.2, 0) is 7.05 Å². The van der Waals surface area contributed by atoms with E-state index in [1.165, 1.54) is 18.5 Å². The molecule has 0 saturated heterocycles. The van der Waals surface area contributed by atoms with Gasteiger partial charge in [-0.15, -0.1) is 5.10 Å². The summed E-state index contributed by atoms with van der Waals surface area (Å²) in [5.74, 6) is 0. The Bertz CT molecular complexity index is 300. The van der Waals surface area contributed by atoms with Crippen LogP contribution < -0.4 is 5.32 Å². The first-order valence-corrected chi connectivity index (χ1v) is 4.69. The van der Waals surface area contributed by atoms with Crippen LogP contribution in [0.2, 0.25) is 0 Å². The third kappa shape index (κ3) is 1.35. The highest BCUT2D eigenvalue weighted by molar-refractivity contribution is 5.12. The second kappa shape index (κ2) is 2.80. The standard InChI is InChI=1S/C9H16N4/c1-9(4-5-9)8(10-2)7-6-11-12-13(7)3/h6,8,10H,4-5H2,1-3H3. The van der Waals surface area contributed by atoms with Gasteiger partial charge in [0.15, 0.2) is 0 Å². The number of aryl methyl sites for hydroxylation is 1. The summed E-state index contributed by atoms with van der Waals surface area (Å²) >= 11 is 0. The van der Waals surface area contributed by atoms with E-state index in [0.717, 1.165) is 0 Å². The number of nitrogens with zero attached hydrogens (tertiary/aromatic N) is 3. The molecule has 0 radical (unpaired) electrons. The highest BCUT2D eigenvalue weighted by Crippen LogP contribution is 2.53. The molecule has 4 nitrogen and oxygen atoms in total. The Kier molecular flexibility index (Phi) is 1.87. The SMILES string of the molecule is CNC(c1cnnn1C)C1(C)CC1. The van der Waals surface area contributed by atoms with Crippen molar-refractivity contribution in [3.63, 3.8) is 0 Å². The third-order valence-corrected chi connectivity index (χ3v) is 3.07. The molecule has 1 aliphatic rings. The monoisotopic (exact) mass is 180 g/mol. The van der Waals surface area contributed by atoms with E-state index >= 15 is 0 Å². The van der Waals surface area contributed by atoms with Crippen LogP contribution in [0.25, 0.3) is 0 Å². The van der Waals surface area contributed by atoms with Gasteiger partial charge in [0, 0.05) is 7.05 Å². The molecular weight excluding hydrogens is 164 g/mol. The van der Waals surface area contributed by atoms with Gasteiger partial charge in [-0.05, 0) is 25.3 Å². The first-order valence-electron chi connectivity index (χ1n) is 4.69. The van der Waals surface area contributed by atoms with Gasteiger partial charge in [0.1, 0.15) is 0 Å². The minimum Gasteiger partial charge on any atom is -0.311 e. The van der Waals surface area contributed by atoms with Gasteiger partial charge in [-0.25, -0.2) is 0 Å². The van der Waals surface area contributed by atoms with Crippen molar-refractivity contribution in [3.8, 4) is 0 Å². The van der Waals surface area contributed by atoms with Gasteiger partial charge in [0.05, 0.1) is 17.9 Å². The molecule has 1 heterocycles. The second-order valence-corrected chi connectivity index (χ2v) is 4.16. The molecule has 0 amide bonds. The molecule has 0 spiro atoms. The fourth-order valence-electron chi connectivity index (χ4n) is 1.90. The Hall–Kier alpha value is -0.900. The molecule has 1 fully saturated rings. The number of hydrogen-bond acceptors (Lipinski definition) is 3. The summed E-state index contributed by atoms with van der Waals surface area (Å²) < 4.78 is 1.85. The average Bonchev–Trinajstić information content (AvgIpc) is 2.69. The Balaban J connectivity index is 2.27. The maximum absolute atomic E-state index is 3.95. The summed E-state index contributed by atoms with van der Waals surface area (Å²) in [5, 5.41) is 11.2. The zero-order chi connectivity index (χ0) is 9.47. The lowest BCUT2D eigenvalue weighted by molar-refractivity contribution is 0.370. The molecule has 0 aromatic carbocycles. The summed E-state index contributed by atoms with van der Waals surface area (Å²) in [5.41, 5.74) is 1.60. The molecule has 4 heteroatoms. The van der Waals surface area contributed by atoms with E-state index in [9.17, 15) is 0 Å². The maximum Gasteiger partial charge on any atom is 0.0758 e. The molecule has 1 aromatic rings. The molecule has 0 aliphatic heterocycles. The van der Waals surface area contributed by atoms with E-state index in [4.69, 9.17) is 0 Å². The van der Waals surface area contributed by atoms with Crippen molar-refractivity contribution in [3.05, 3.63) is 11.9 Å². The summed E-state index contributed by atoms with van der Waals surface area (Å²) in [6.07, 6.45) is 4.44. The van der Waals surface area contributed by atoms with Crippen LogP contribution in [0.4, 0.5) is 0 Å². The van der Waals surface area contributed by atoms with Crippen LogP contribution >= 0.6 is 0 Å². The van der Waals surface area contributed by atoms with Gasteiger partial charge < -0.3 is 5.32 Å². The van der Waals surface area contributed by atoms with Gasteiger partial charge in [0.25, 0.3) is 0 Å². The van der Waals surface area contributed by atoms with Crippen molar-refractivity contribution in [2.24, 2.45) is 12.5 Å². The van der Waals surface area contributed by atoms with E-state index in [-0.39, 0.29) is 0 Å². The Morgan fingerprint density at radius 2 is 2.31 bits per heavy atom. The Morgan fingerprint density at radius 1 is 1.62 bits per heavy atom. The molecule has 2 rings (SSSR count). The van der Waals surface area contributed by atoms with E-state index < -0.39 is 0 Å². The van der Waals surface area contributed by atoms with Crippen LogP contribution in [0.3, 0.4) is 0 Å². The van der Waals surface area contributed by atoms with Crippen LogP contribution in [0, 0.1) is 5.41 Å². The lowest BCUT2D eigenvalue weighted by Gasteiger charge is -2.22. The van der Waals surface area contributed by atoms with Crippen molar-refractivity contribution >= 4 is 0 Å². The van der Waals surface area contributed by atoms with E-state index in [2.05, 4.69) is 22.6 Å². The highest BCUT2D eigenvalue weighted by Gasteiger charge is 2.46. The van der Waals surface area contributed by atoms with Crippen LogP contribution in [0.1, 0.15) is 31.5 Å². The van der Waals surface area contributed by atoms with E-state index in [1.807, 2.05) is 25.0 Å². The van der Waals surface area contributed by atoms with Crippen molar-refractivity contribution in [1.29, 1.82) is 0 Å². The van der Waals surface area contributed by atoms with Crippen LogP contribution in [0.15, 0.2) is 6.20 Å². The van der Waals surface area contributed by atoms with E-state index in [1.54, 1.807) is 0 Å². The second-order valence-electron chi connectivity index (χ2n) is 4.16. The molecule has 1 N–H and O–H groups in total. The van der Waals surface area contributed by atoms with Crippen molar-refractivity contribution < 1.29 is 0 Å². The Labute approximate surface area is 78.3 Å². The predicted octanol–water partition coefficient (Wildman–Crippen LogP) is 0.876. The molecule has 13 heavy (non-hydrogen) atoms.